The summed E-state index contributed by atoms with van der Waals surface area (Å²) in [5.41, 5.74) is 2.95. The van der Waals surface area contributed by atoms with E-state index in [1.54, 1.807) is 0 Å². The van der Waals surface area contributed by atoms with Crippen LogP contribution in [-0.4, -0.2) is 16.5 Å². The Balaban J connectivity index is 1.91. The van der Waals surface area contributed by atoms with Gasteiger partial charge in [-0.3, -0.25) is 4.79 Å². The van der Waals surface area contributed by atoms with Gasteiger partial charge < -0.3 is 15.2 Å². The van der Waals surface area contributed by atoms with Gasteiger partial charge in [0.15, 0.2) is 0 Å². The summed E-state index contributed by atoms with van der Waals surface area (Å²) in [6.45, 7) is 7.80. The van der Waals surface area contributed by atoms with Crippen LogP contribution in [0.3, 0.4) is 0 Å². The number of nitrogens with zero attached hydrogens (tertiary/aromatic N) is 1. The van der Waals surface area contributed by atoms with Gasteiger partial charge in [-0.05, 0) is 56.7 Å². The smallest absolute Gasteiger partial charge is 0.251 e. The van der Waals surface area contributed by atoms with E-state index in [-0.39, 0.29) is 11.9 Å². The van der Waals surface area contributed by atoms with E-state index in [0.29, 0.717) is 5.56 Å². The number of aromatic nitrogens is 1. The zero-order chi connectivity index (χ0) is 15.2. The summed E-state index contributed by atoms with van der Waals surface area (Å²) in [5, 5.41) is 6.24. The molecule has 0 aliphatic carbocycles. The van der Waals surface area contributed by atoms with E-state index in [1.807, 2.05) is 38.1 Å². The van der Waals surface area contributed by atoms with Gasteiger partial charge in [-0.25, -0.2) is 0 Å². The Bertz CT molecular complexity index is 584. The zero-order valence-electron chi connectivity index (χ0n) is 12.9. The quantitative estimate of drug-likeness (QED) is 0.855. The topological polar surface area (TPSA) is 46.1 Å². The van der Waals surface area contributed by atoms with Crippen molar-refractivity contribution in [3.05, 3.63) is 53.9 Å². The van der Waals surface area contributed by atoms with Gasteiger partial charge in [0.05, 0.1) is 0 Å². The van der Waals surface area contributed by atoms with Gasteiger partial charge in [-0.15, -0.1) is 0 Å². The van der Waals surface area contributed by atoms with E-state index in [9.17, 15) is 4.79 Å². The van der Waals surface area contributed by atoms with E-state index in [0.717, 1.165) is 18.8 Å². The molecule has 0 atom stereocenters. The van der Waals surface area contributed by atoms with Crippen molar-refractivity contribution in [1.29, 1.82) is 0 Å². The largest absolute Gasteiger partial charge is 0.381 e. The Morgan fingerprint density at radius 3 is 2.48 bits per heavy atom. The van der Waals surface area contributed by atoms with Crippen LogP contribution in [0, 0.1) is 0 Å². The fraction of sp³-hybridized carbons (Fsp3) is 0.353. The molecule has 21 heavy (non-hydrogen) atoms. The highest BCUT2D eigenvalue weighted by Gasteiger charge is 2.06. The first-order valence-electron chi connectivity index (χ1n) is 7.38. The minimum absolute atomic E-state index is 0.0310. The van der Waals surface area contributed by atoms with Crippen LogP contribution >= 0.6 is 0 Å². The number of anilines is 1. The van der Waals surface area contributed by atoms with Crippen molar-refractivity contribution in [2.24, 2.45) is 0 Å². The number of hydrogen-bond acceptors (Lipinski definition) is 2. The van der Waals surface area contributed by atoms with Crippen molar-refractivity contribution in [1.82, 2.24) is 9.88 Å². The third kappa shape index (κ3) is 4.38. The number of carbonyl (C=O) groups excluding carboxylic acids is 1. The molecular formula is C17H23N3O. The molecule has 1 heterocycles. The van der Waals surface area contributed by atoms with Crippen molar-refractivity contribution >= 4 is 11.6 Å². The second-order valence-corrected chi connectivity index (χ2v) is 5.41. The Kier molecular flexibility index (Phi) is 5.04. The fourth-order valence-corrected chi connectivity index (χ4v) is 2.08. The molecule has 0 bridgehead atoms. The van der Waals surface area contributed by atoms with Gasteiger partial charge in [0.2, 0.25) is 0 Å². The van der Waals surface area contributed by atoms with Crippen LogP contribution in [0.2, 0.25) is 0 Å². The molecule has 0 fully saturated rings. The number of aryl methyl sites for hydroxylation is 1. The standard InChI is InChI=1S/C17H23N3O/c1-4-20-10-9-14(12-20)11-18-16-7-5-15(6-8-16)17(21)19-13(2)3/h5-10,12-13,18H,4,11H2,1-3H3,(H,19,21). The molecule has 1 aromatic carbocycles. The molecule has 0 spiro atoms. The summed E-state index contributed by atoms with van der Waals surface area (Å²) in [6.07, 6.45) is 4.22. The van der Waals surface area contributed by atoms with Gasteiger partial charge in [0.1, 0.15) is 0 Å². The third-order valence-electron chi connectivity index (χ3n) is 3.24. The van der Waals surface area contributed by atoms with E-state index in [2.05, 4.69) is 40.6 Å². The highest BCUT2D eigenvalue weighted by atomic mass is 16.1. The van der Waals surface area contributed by atoms with Gasteiger partial charge in [0, 0.05) is 42.8 Å². The van der Waals surface area contributed by atoms with E-state index in [4.69, 9.17) is 0 Å². The SMILES string of the molecule is CCn1ccc(CNc2ccc(C(=O)NC(C)C)cc2)c1. The van der Waals surface area contributed by atoms with Crippen LogP contribution in [0.1, 0.15) is 36.7 Å². The van der Waals surface area contributed by atoms with Crippen LogP contribution in [0.4, 0.5) is 5.69 Å². The monoisotopic (exact) mass is 285 g/mol. The zero-order valence-corrected chi connectivity index (χ0v) is 12.9. The maximum Gasteiger partial charge on any atom is 0.251 e. The van der Waals surface area contributed by atoms with Crippen molar-refractivity contribution in [2.45, 2.75) is 39.9 Å². The number of nitrogens with one attached hydrogen (secondary N) is 2. The van der Waals surface area contributed by atoms with Crippen LogP contribution in [0.15, 0.2) is 42.7 Å². The second-order valence-electron chi connectivity index (χ2n) is 5.41. The lowest BCUT2D eigenvalue weighted by Gasteiger charge is -2.09. The first kappa shape index (κ1) is 15.2. The van der Waals surface area contributed by atoms with Gasteiger partial charge >= 0.3 is 0 Å². The molecule has 0 saturated heterocycles. The summed E-state index contributed by atoms with van der Waals surface area (Å²) in [6, 6.07) is 9.83. The second kappa shape index (κ2) is 6.97. The lowest BCUT2D eigenvalue weighted by Crippen LogP contribution is -2.29. The predicted molar refractivity (Wildman–Crippen MR) is 86.5 cm³/mol. The molecule has 0 saturated carbocycles. The van der Waals surface area contributed by atoms with E-state index >= 15 is 0 Å². The molecule has 4 heteroatoms. The molecule has 1 aromatic heterocycles. The van der Waals surface area contributed by atoms with Crippen molar-refractivity contribution in [3.63, 3.8) is 0 Å². The summed E-state index contributed by atoms with van der Waals surface area (Å²) in [4.78, 5) is 11.8. The minimum Gasteiger partial charge on any atom is -0.381 e. The Morgan fingerprint density at radius 2 is 1.90 bits per heavy atom. The van der Waals surface area contributed by atoms with Crippen LogP contribution < -0.4 is 10.6 Å². The molecule has 4 nitrogen and oxygen atoms in total. The lowest BCUT2D eigenvalue weighted by atomic mass is 10.2. The molecule has 112 valence electrons. The fourth-order valence-electron chi connectivity index (χ4n) is 2.08. The minimum atomic E-state index is -0.0310. The molecule has 2 N–H and O–H groups in total. The Morgan fingerprint density at radius 1 is 1.19 bits per heavy atom. The summed E-state index contributed by atoms with van der Waals surface area (Å²) in [5.74, 6) is -0.0310. The summed E-state index contributed by atoms with van der Waals surface area (Å²) >= 11 is 0. The number of carbonyl (C=O) groups is 1. The van der Waals surface area contributed by atoms with Gasteiger partial charge in [0.25, 0.3) is 5.91 Å². The Hall–Kier alpha value is -2.23. The molecule has 2 aromatic rings. The molecule has 0 radical (unpaired) electrons. The van der Waals surface area contributed by atoms with Gasteiger partial charge in [-0.2, -0.15) is 0 Å². The van der Waals surface area contributed by atoms with Crippen LogP contribution in [0.25, 0.3) is 0 Å². The molecule has 0 unspecified atom stereocenters. The van der Waals surface area contributed by atoms with Gasteiger partial charge in [-0.1, -0.05) is 0 Å². The third-order valence-corrected chi connectivity index (χ3v) is 3.24. The first-order valence-corrected chi connectivity index (χ1v) is 7.38. The lowest BCUT2D eigenvalue weighted by molar-refractivity contribution is 0.0943. The van der Waals surface area contributed by atoms with Crippen molar-refractivity contribution in [3.8, 4) is 0 Å². The average Bonchev–Trinajstić information content (AvgIpc) is 2.93. The van der Waals surface area contributed by atoms with E-state index in [1.165, 1.54) is 5.56 Å². The first-order chi connectivity index (χ1) is 10.1. The molecular weight excluding hydrogens is 262 g/mol. The molecule has 2 rings (SSSR count). The van der Waals surface area contributed by atoms with E-state index < -0.39 is 0 Å². The highest BCUT2D eigenvalue weighted by Crippen LogP contribution is 2.12. The summed E-state index contributed by atoms with van der Waals surface area (Å²) < 4.78 is 2.15. The molecule has 1 amide bonds. The predicted octanol–water partition coefficient (Wildman–Crippen LogP) is 3.26. The number of rotatable bonds is 6. The highest BCUT2D eigenvalue weighted by molar-refractivity contribution is 5.94. The molecule has 0 aliphatic rings. The van der Waals surface area contributed by atoms with Crippen molar-refractivity contribution in [2.75, 3.05) is 5.32 Å². The maximum atomic E-state index is 11.8. The average molecular weight is 285 g/mol. The number of amides is 1. The molecule has 0 aliphatic heterocycles. The number of hydrogen-bond donors (Lipinski definition) is 2. The Labute approximate surface area is 126 Å². The summed E-state index contributed by atoms with van der Waals surface area (Å²) in [7, 11) is 0. The maximum absolute atomic E-state index is 11.8. The van der Waals surface area contributed by atoms with Crippen LogP contribution in [-0.2, 0) is 13.1 Å². The van der Waals surface area contributed by atoms with Crippen LogP contribution in [0.5, 0.6) is 0 Å². The van der Waals surface area contributed by atoms with Crippen molar-refractivity contribution < 1.29 is 4.79 Å². The normalized spacial score (nSPS) is 10.7. The number of benzene rings is 1.